The molecule has 0 saturated heterocycles. The Morgan fingerprint density at radius 2 is 1.70 bits per heavy atom. The molecule has 0 bridgehead atoms. The summed E-state index contributed by atoms with van der Waals surface area (Å²) in [4.78, 5) is 5.95. The minimum atomic E-state index is -0.478. The molecule has 3 nitrogen and oxygen atoms in total. The summed E-state index contributed by atoms with van der Waals surface area (Å²) >= 11 is 0. The maximum Gasteiger partial charge on any atom is 0.213 e. The molecule has 1 unspecified atom stereocenters. The zero-order chi connectivity index (χ0) is 20.9. The van der Waals surface area contributed by atoms with Crippen LogP contribution in [-0.4, -0.2) is 29.0 Å². The van der Waals surface area contributed by atoms with E-state index in [-0.39, 0.29) is 17.7 Å². The van der Waals surface area contributed by atoms with Crippen LogP contribution in [0.1, 0.15) is 22.3 Å². The third-order valence-corrected chi connectivity index (χ3v) is 5.59. The molecular weight excluding hydrogens is 387 g/mol. The van der Waals surface area contributed by atoms with Crippen LogP contribution in [0.3, 0.4) is 0 Å². The predicted molar refractivity (Wildman–Crippen MR) is 110 cm³/mol. The average Bonchev–Trinajstić information content (AvgIpc) is 2.73. The van der Waals surface area contributed by atoms with Gasteiger partial charge in [0.25, 0.3) is 0 Å². The lowest BCUT2D eigenvalue weighted by Gasteiger charge is -2.37. The number of rotatable bonds is 7. The van der Waals surface area contributed by atoms with Gasteiger partial charge in [-0.15, -0.1) is 0 Å². The summed E-state index contributed by atoms with van der Waals surface area (Å²) in [7, 11) is 0. The van der Waals surface area contributed by atoms with E-state index in [1.807, 2.05) is 18.2 Å². The van der Waals surface area contributed by atoms with Gasteiger partial charge >= 0.3 is 0 Å². The van der Waals surface area contributed by atoms with Crippen molar-refractivity contribution < 1.29 is 13.2 Å². The van der Waals surface area contributed by atoms with E-state index in [1.54, 1.807) is 12.1 Å². The van der Waals surface area contributed by atoms with E-state index in [9.17, 15) is 13.2 Å². The van der Waals surface area contributed by atoms with Crippen molar-refractivity contribution in [3.63, 3.8) is 0 Å². The molecule has 1 N–H and O–H groups in total. The lowest BCUT2D eigenvalue weighted by molar-refractivity contribution is 0.170. The number of halogens is 3. The fourth-order valence-electron chi connectivity index (χ4n) is 4.03. The molecule has 1 aliphatic heterocycles. The molecule has 1 aliphatic rings. The van der Waals surface area contributed by atoms with Crippen LogP contribution >= 0.6 is 0 Å². The third kappa shape index (κ3) is 5.26. The summed E-state index contributed by atoms with van der Waals surface area (Å²) in [5.41, 5.74) is 4.10. The Morgan fingerprint density at radius 1 is 0.900 bits per heavy atom. The van der Waals surface area contributed by atoms with Crippen LogP contribution in [0, 0.1) is 17.6 Å². The highest BCUT2D eigenvalue weighted by Crippen LogP contribution is 2.26. The predicted octanol–water partition coefficient (Wildman–Crippen LogP) is 4.26. The Morgan fingerprint density at radius 3 is 2.50 bits per heavy atom. The van der Waals surface area contributed by atoms with Gasteiger partial charge in [-0.1, -0.05) is 18.2 Å². The maximum atomic E-state index is 13.7. The second-order valence-corrected chi connectivity index (χ2v) is 7.74. The Balaban J connectivity index is 1.42. The summed E-state index contributed by atoms with van der Waals surface area (Å²) in [6, 6.07) is 15.0. The summed E-state index contributed by atoms with van der Waals surface area (Å²) in [6.45, 7) is 2.85. The number of nitrogens with zero attached hydrogens (tertiary/aromatic N) is 2. The van der Waals surface area contributed by atoms with E-state index in [4.69, 9.17) is 0 Å². The molecule has 0 aliphatic carbocycles. The van der Waals surface area contributed by atoms with Crippen LogP contribution in [-0.2, 0) is 25.9 Å². The molecule has 0 amide bonds. The molecule has 6 heteroatoms. The van der Waals surface area contributed by atoms with Crippen LogP contribution in [0.15, 0.2) is 60.8 Å². The number of hydrogen-bond donors (Lipinski definition) is 1. The van der Waals surface area contributed by atoms with E-state index in [1.165, 1.54) is 30.5 Å². The van der Waals surface area contributed by atoms with Gasteiger partial charge in [-0.05, 0) is 71.5 Å². The van der Waals surface area contributed by atoms with Crippen molar-refractivity contribution in [3.05, 3.63) is 101 Å². The minimum Gasteiger partial charge on any atom is -0.311 e. The molecule has 2 heterocycles. The number of nitrogens with one attached hydrogen (secondary N) is 1. The molecule has 1 atom stereocenters. The van der Waals surface area contributed by atoms with Crippen LogP contribution in [0.5, 0.6) is 0 Å². The van der Waals surface area contributed by atoms with Gasteiger partial charge in [0, 0.05) is 38.4 Å². The highest BCUT2D eigenvalue weighted by molar-refractivity contribution is 5.32. The summed E-state index contributed by atoms with van der Waals surface area (Å²) in [6.07, 6.45) is 2.98. The molecule has 2 aromatic carbocycles. The van der Waals surface area contributed by atoms with E-state index in [0.717, 1.165) is 54.7 Å². The number of fused-ring (bicyclic) bond motifs is 1. The summed E-state index contributed by atoms with van der Waals surface area (Å²) in [5, 5.41) is 3.36. The zero-order valence-electron chi connectivity index (χ0n) is 16.6. The lowest BCUT2D eigenvalue weighted by Crippen LogP contribution is -2.44. The van der Waals surface area contributed by atoms with Gasteiger partial charge in [0.15, 0.2) is 0 Å². The summed E-state index contributed by atoms with van der Waals surface area (Å²) < 4.78 is 40.2. The van der Waals surface area contributed by atoms with Crippen molar-refractivity contribution in [1.29, 1.82) is 0 Å². The fraction of sp³-hybridized carbons (Fsp3) is 0.292. The second-order valence-electron chi connectivity index (χ2n) is 7.74. The van der Waals surface area contributed by atoms with Crippen LogP contribution < -0.4 is 5.32 Å². The molecule has 0 spiro atoms. The monoisotopic (exact) mass is 411 g/mol. The van der Waals surface area contributed by atoms with Gasteiger partial charge in [0.2, 0.25) is 5.95 Å². The Labute approximate surface area is 174 Å². The lowest BCUT2D eigenvalue weighted by atomic mass is 9.90. The van der Waals surface area contributed by atoms with Crippen molar-refractivity contribution in [2.45, 2.75) is 32.0 Å². The smallest absolute Gasteiger partial charge is 0.213 e. The molecule has 0 saturated carbocycles. The largest absolute Gasteiger partial charge is 0.311 e. The van der Waals surface area contributed by atoms with Gasteiger partial charge in [0.1, 0.15) is 11.6 Å². The van der Waals surface area contributed by atoms with Crippen molar-refractivity contribution in [2.24, 2.45) is 0 Å². The minimum absolute atomic E-state index is 0.199. The van der Waals surface area contributed by atoms with Gasteiger partial charge in [0.05, 0.1) is 0 Å². The van der Waals surface area contributed by atoms with Gasteiger partial charge in [-0.2, -0.15) is 4.39 Å². The molecule has 3 aromatic rings. The van der Waals surface area contributed by atoms with E-state index in [2.05, 4.69) is 15.2 Å². The first kappa shape index (κ1) is 20.6. The van der Waals surface area contributed by atoms with Crippen molar-refractivity contribution in [1.82, 2.24) is 15.2 Å². The fourth-order valence-corrected chi connectivity index (χ4v) is 4.03. The Hall–Kier alpha value is -2.70. The van der Waals surface area contributed by atoms with Crippen LogP contribution in [0.2, 0.25) is 0 Å². The Kier molecular flexibility index (Phi) is 6.45. The molecule has 4 rings (SSSR count). The molecule has 0 radical (unpaired) electrons. The molecular formula is C24H24F3N3. The second kappa shape index (κ2) is 9.41. The highest BCUT2D eigenvalue weighted by Gasteiger charge is 2.26. The van der Waals surface area contributed by atoms with Gasteiger partial charge in [-0.25, -0.2) is 13.8 Å². The normalized spacial score (nSPS) is 16.4. The first-order chi connectivity index (χ1) is 14.6. The SMILES string of the molecule is Fc1ccc(CC2Cc3cc(F)ccc3CN2CCNCc2ccnc(F)c2)cc1. The van der Waals surface area contributed by atoms with E-state index in [0.29, 0.717) is 6.54 Å². The van der Waals surface area contributed by atoms with Gasteiger partial charge < -0.3 is 5.32 Å². The first-order valence-corrected chi connectivity index (χ1v) is 10.1. The molecule has 30 heavy (non-hydrogen) atoms. The number of aromatic nitrogens is 1. The number of hydrogen-bond acceptors (Lipinski definition) is 3. The van der Waals surface area contributed by atoms with Crippen molar-refractivity contribution in [2.75, 3.05) is 13.1 Å². The third-order valence-electron chi connectivity index (χ3n) is 5.59. The molecule has 0 fully saturated rings. The first-order valence-electron chi connectivity index (χ1n) is 10.1. The standard InChI is InChI=1S/C24H24F3N3/c25-21-4-1-17(2-5-21)11-23-14-20-13-22(26)6-3-19(20)16-30(23)10-9-28-15-18-7-8-29-24(27)12-18/h1-8,12-13,23,28H,9-11,14-16H2. The number of pyridine rings is 1. The van der Waals surface area contributed by atoms with E-state index >= 15 is 0 Å². The van der Waals surface area contributed by atoms with Gasteiger partial charge in [-0.3, -0.25) is 4.90 Å². The molecule has 156 valence electrons. The van der Waals surface area contributed by atoms with Crippen molar-refractivity contribution in [3.8, 4) is 0 Å². The van der Waals surface area contributed by atoms with Crippen LogP contribution in [0.4, 0.5) is 13.2 Å². The topological polar surface area (TPSA) is 28.2 Å². The van der Waals surface area contributed by atoms with Crippen molar-refractivity contribution >= 4 is 0 Å². The Bertz CT molecular complexity index is 991. The number of benzene rings is 2. The average molecular weight is 411 g/mol. The summed E-state index contributed by atoms with van der Waals surface area (Å²) in [5.74, 6) is -0.939. The maximum absolute atomic E-state index is 13.7. The quantitative estimate of drug-likeness (QED) is 0.465. The highest BCUT2D eigenvalue weighted by atomic mass is 19.1. The zero-order valence-corrected chi connectivity index (χ0v) is 16.6. The van der Waals surface area contributed by atoms with Crippen LogP contribution in [0.25, 0.3) is 0 Å². The molecule has 1 aromatic heterocycles. The van der Waals surface area contributed by atoms with E-state index < -0.39 is 5.95 Å².